The van der Waals surface area contributed by atoms with E-state index in [9.17, 15) is 4.79 Å². The van der Waals surface area contributed by atoms with Crippen LogP contribution < -0.4 is 10.6 Å². The van der Waals surface area contributed by atoms with Crippen LogP contribution in [0, 0.1) is 13.8 Å². The van der Waals surface area contributed by atoms with Gasteiger partial charge in [0.25, 0.3) is 0 Å². The van der Waals surface area contributed by atoms with Gasteiger partial charge >= 0.3 is 5.97 Å². The van der Waals surface area contributed by atoms with Crippen molar-refractivity contribution in [3.63, 3.8) is 0 Å². The number of halogens is 1. The van der Waals surface area contributed by atoms with Gasteiger partial charge in [-0.2, -0.15) is 5.10 Å². The summed E-state index contributed by atoms with van der Waals surface area (Å²) in [5.41, 5.74) is 1.86. The number of esters is 1. The highest BCUT2D eigenvalue weighted by Gasteiger charge is 2.20. The highest BCUT2D eigenvalue weighted by molar-refractivity contribution is 14.0. The summed E-state index contributed by atoms with van der Waals surface area (Å²) in [6.45, 7) is 12.3. The van der Waals surface area contributed by atoms with Crippen molar-refractivity contribution in [1.82, 2.24) is 25.4 Å². The van der Waals surface area contributed by atoms with Gasteiger partial charge in [-0.3, -0.25) is 9.67 Å². The van der Waals surface area contributed by atoms with Crippen molar-refractivity contribution in [2.75, 3.05) is 19.7 Å². The zero-order chi connectivity index (χ0) is 20.5. The largest absolute Gasteiger partial charge is 0.462 e. The van der Waals surface area contributed by atoms with E-state index in [2.05, 4.69) is 25.7 Å². The lowest BCUT2D eigenvalue weighted by Crippen LogP contribution is -2.38. The fourth-order valence-electron chi connectivity index (χ4n) is 2.59. The molecule has 0 saturated heterocycles. The summed E-state index contributed by atoms with van der Waals surface area (Å²) in [6.07, 6.45) is 4.79. The summed E-state index contributed by atoms with van der Waals surface area (Å²) in [5.74, 6) is 0.419. The molecule has 29 heavy (non-hydrogen) atoms. The molecule has 0 aromatic carbocycles. The molecule has 0 aliphatic carbocycles. The van der Waals surface area contributed by atoms with Gasteiger partial charge in [-0.15, -0.1) is 35.3 Å². The number of thiazole rings is 1. The fourth-order valence-corrected chi connectivity index (χ4v) is 3.55. The Kier molecular flexibility index (Phi) is 11.2. The lowest BCUT2D eigenvalue weighted by molar-refractivity contribution is 0.0531. The molecule has 0 fully saturated rings. The van der Waals surface area contributed by atoms with Crippen LogP contribution in [0.3, 0.4) is 0 Å². The normalized spacial score (nSPS) is 12.2. The zero-order valence-corrected chi connectivity index (χ0v) is 20.8. The van der Waals surface area contributed by atoms with Crippen LogP contribution in [-0.2, 0) is 11.3 Å². The first-order chi connectivity index (χ1) is 13.4. The summed E-state index contributed by atoms with van der Waals surface area (Å²) in [5, 5.41) is 11.7. The van der Waals surface area contributed by atoms with Crippen molar-refractivity contribution in [2.45, 2.75) is 53.6 Å². The third-order valence-corrected chi connectivity index (χ3v) is 5.24. The van der Waals surface area contributed by atoms with Gasteiger partial charge in [-0.05, 0) is 46.6 Å². The van der Waals surface area contributed by atoms with Crippen LogP contribution in [-0.4, -0.2) is 46.4 Å². The Morgan fingerprint density at radius 1 is 1.38 bits per heavy atom. The molecule has 1 unspecified atom stereocenters. The molecule has 8 nitrogen and oxygen atoms in total. The minimum Gasteiger partial charge on any atom is -0.462 e. The molecule has 1 atom stereocenters. The number of ether oxygens (including phenoxy) is 1. The van der Waals surface area contributed by atoms with Gasteiger partial charge in [-0.25, -0.2) is 9.78 Å². The smallest absolute Gasteiger partial charge is 0.350 e. The number of hydrogen-bond acceptors (Lipinski definition) is 6. The Bertz CT molecular complexity index is 804. The molecule has 2 rings (SSSR count). The van der Waals surface area contributed by atoms with Crippen LogP contribution in [0.1, 0.15) is 59.2 Å². The molecule has 2 aromatic heterocycles. The van der Waals surface area contributed by atoms with E-state index in [1.807, 2.05) is 44.8 Å². The molecule has 0 spiro atoms. The number of carbonyl (C=O) groups excluding carboxylic acids is 1. The molecular formula is C19H31IN6O2S. The quantitative estimate of drug-likeness (QED) is 0.168. The summed E-state index contributed by atoms with van der Waals surface area (Å²) in [6, 6.07) is -0.0709. The molecule has 0 amide bonds. The number of aliphatic imine (C=N–C) groups is 1. The molecule has 0 saturated carbocycles. The van der Waals surface area contributed by atoms with E-state index in [4.69, 9.17) is 4.74 Å². The predicted molar refractivity (Wildman–Crippen MR) is 127 cm³/mol. The topological polar surface area (TPSA) is 93.4 Å². The van der Waals surface area contributed by atoms with E-state index in [1.54, 1.807) is 6.92 Å². The molecule has 2 heterocycles. The van der Waals surface area contributed by atoms with Crippen LogP contribution in [0.25, 0.3) is 0 Å². The van der Waals surface area contributed by atoms with Gasteiger partial charge in [0.1, 0.15) is 9.88 Å². The van der Waals surface area contributed by atoms with Gasteiger partial charge < -0.3 is 15.4 Å². The maximum atomic E-state index is 12.0. The Balaban J connectivity index is 0.00000420. The minimum atomic E-state index is -0.314. The SMILES string of the molecule is CCNC(=NCCCn1cc(C)cn1)NC(C)c1nc(C)c(C(=O)OCC)s1.I. The molecule has 0 aliphatic rings. The second-order valence-corrected chi connectivity index (χ2v) is 7.48. The number of guanidine groups is 1. The van der Waals surface area contributed by atoms with E-state index in [-0.39, 0.29) is 36.0 Å². The standard InChI is InChI=1S/C19H30N6O2S.HI/c1-6-20-19(21-9-8-10-25-12-13(3)11-22-25)24-15(5)17-23-14(4)16(28-17)18(26)27-7-2;/h11-12,15H,6-10H2,1-5H3,(H2,20,21,24);1H. The van der Waals surface area contributed by atoms with E-state index < -0.39 is 0 Å². The van der Waals surface area contributed by atoms with Crippen molar-refractivity contribution < 1.29 is 9.53 Å². The molecule has 2 N–H and O–H groups in total. The van der Waals surface area contributed by atoms with Crippen LogP contribution in [0.15, 0.2) is 17.4 Å². The van der Waals surface area contributed by atoms with Crippen molar-refractivity contribution in [2.24, 2.45) is 4.99 Å². The Hall–Kier alpha value is -1.69. The number of nitrogens with zero attached hydrogens (tertiary/aromatic N) is 4. The number of hydrogen-bond donors (Lipinski definition) is 2. The van der Waals surface area contributed by atoms with Crippen molar-refractivity contribution in [1.29, 1.82) is 0 Å². The first kappa shape index (κ1) is 25.3. The number of aromatic nitrogens is 3. The molecule has 10 heteroatoms. The average Bonchev–Trinajstić information content (AvgIpc) is 3.24. The maximum Gasteiger partial charge on any atom is 0.350 e. The summed E-state index contributed by atoms with van der Waals surface area (Å²) < 4.78 is 7.03. The predicted octanol–water partition coefficient (Wildman–Crippen LogP) is 3.46. The third kappa shape index (κ3) is 7.92. The van der Waals surface area contributed by atoms with E-state index in [1.165, 1.54) is 11.3 Å². The van der Waals surface area contributed by atoms with Gasteiger partial charge in [0, 0.05) is 25.8 Å². The number of rotatable bonds is 9. The third-order valence-electron chi connectivity index (χ3n) is 3.92. The summed E-state index contributed by atoms with van der Waals surface area (Å²) in [4.78, 5) is 21.7. The Morgan fingerprint density at radius 3 is 2.76 bits per heavy atom. The molecule has 2 aromatic rings. The molecule has 0 bridgehead atoms. The van der Waals surface area contributed by atoms with Crippen LogP contribution in [0.2, 0.25) is 0 Å². The van der Waals surface area contributed by atoms with Crippen molar-refractivity contribution >= 4 is 47.2 Å². The average molecular weight is 534 g/mol. The monoisotopic (exact) mass is 534 g/mol. The highest BCUT2D eigenvalue weighted by Crippen LogP contribution is 2.24. The molecular weight excluding hydrogens is 503 g/mol. The van der Waals surface area contributed by atoms with E-state index in [0.29, 0.717) is 23.7 Å². The van der Waals surface area contributed by atoms with Crippen molar-refractivity contribution in [3.8, 4) is 0 Å². The van der Waals surface area contributed by atoms with Gasteiger partial charge in [0.2, 0.25) is 0 Å². The Labute approximate surface area is 193 Å². The van der Waals surface area contributed by atoms with Gasteiger partial charge in [-0.1, -0.05) is 0 Å². The number of carbonyl (C=O) groups is 1. The highest BCUT2D eigenvalue weighted by atomic mass is 127. The second kappa shape index (κ2) is 12.8. The molecule has 0 radical (unpaired) electrons. The van der Waals surface area contributed by atoms with E-state index in [0.717, 1.165) is 36.0 Å². The fraction of sp³-hybridized carbons (Fsp3) is 0.579. The number of nitrogens with one attached hydrogen (secondary N) is 2. The second-order valence-electron chi connectivity index (χ2n) is 6.45. The van der Waals surface area contributed by atoms with E-state index >= 15 is 0 Å². The van der Waals surface area contributed by atoms with Crippen LogP contribution >= 0.6 is 35.3 Å². The van der Waals surface area contributed by atoms with Crippen LogP contribution in [0.4, 0.5) is 0 Å². The zero-order valence-electron chi connectivity index (χ0n) is 17.7. The first-order valence-corrected chi connectivity index (χ1v) is 10.4. The number of aryl methyl sites for hydroxylation is 3. The van der Waals surface area contributed by atoms with Gasteiger partial charge in [0.05, 0.1) is 24.5 Å². The summed E-state index contributed by atoms with van der Waals surface area (Å²) in [7, 11) is 0. The maximum absolute atomic E-state index is 12.0. The lowest BCUT2D eigenvalue weighted by atomic mass is 10.3. The molecule has 162 valence electrons. The van der Waals surface area contributed by atoms with Crippen LogP contribution in [0.5, 0.6) is 0 Å². The van der Waals surface area contributed by atoms with Gasteiger partial charge in [0.15, 0.2) is 5.96 Å². The Morgan fingerprint density at radius 2 is 2.14 bits per heavy atom. The molecule has 0 aliphatic heterocycles. The van der Waals surface area contributed by atoms with Crippen molar-refractivity contribution in [3.05, 3.63) is 33.5 Å². The lowest BCUT2D eigenvalue weighted by Gasteiger charge is -2.16. The minimum absolute atomic E-state index is 0. The first-order valence-electron chi connectivity index (χ1n) is 9.62. The summed E-state index contributed by atoms with van der Waals surface area (Å²) >= 11 is 1.36.